The van der Waals surface area contributed by atoms with Gasteiger partial charge in [0.25, 0.3) is 5.91 Å². The molecule has 0 saturated heterocycles. The Balaban J connectivity index is 1.87. The van der Waals surface area contributed by atoms with E-state index in [-0.39, 0.29) is 29.1 Å². The predicted molar refractivity (Wildman–Crippen MR) is 93.5 cm³/mol. The zero-order valence-corrected chi connectivity index (χ0v) is 14.5. The maximum absolute atomic E-state index is 13.0. The van der Waals surface area contributed by atoms with E-state index in [4.69, 9.17) is 9.47 Å². The normalized spacial score (nSPS) is 10.2. The molecule has 2 rings (SSSR count). The Kier molecular flexibility index (Phi) is 7.54. The second kappa shape index (κ2) is 10.1. The molecule has 26 heavy (non-hydrogen) atoms. The molecule has 0 radical (unpaired) electrons. The van der Waals surface area contributed by atoms with E-state index >= 15 is 0 Å². The highest BCUT2D eigenvalue weighted by Gasteiger charge is 2.14. The molecule has 1 heterocycles. The number of carbonyl (C=O) groups is 2. The Morgan fingerprint density at radius 1 is 1.15 bits per heavy atom. The van der Waals surface area contributed by atoms with E-state index in [1.54, 1.807) is 19.1 Å². The van der Waals surface area contributed by atoms with E-state index in [9.17, 15) is 14.0 Å². The summed E-state index contributed by atoms with van der Waals surface area (Å²) in [5.74, 6) is -0.414. The van der Waals surface area contributed by atoms with Gasteiger partial charge in [0.15, 0.2) is 0 Å². The molecule has 0 aliphatic carbocycles. The Morgan fingerprint density at radius 2 is 1.92 bits per heavy atom. The summed E-state index contributed by atoms with van der Waals surface area (Å²) < 4.78 is 23.4. The SMILES string of the molecule is CCOC(=O)CCCCNC(=O)c1cccnc1Oc1ccc(F)cc1. The summed E-state index contributed by atoms with van der Waals surface area (Å²) >= 11 is 0. The Morgan fingerprint density at radius 3 is 2.65 bits per heavy atom. The van der Waals surface area contributed by atoms with Crippen LogP contribution in [0.15, 0.2) is 42.6 Å². The molecule has 0 fully saturated rings. The fourth-order valence-electron chi connectivity index (χ4n) is 2.18. The van der Waals surface area contributed by atoms with E-state index in [0.717, 1.165) is 0 Å². The summed E-state index contributed by atoms with van der Waals surface area (Å²) in [5.41, 5.74) is 0.280. The molecule has 0 spiro atoms. The van der Waals surface area contributed by atoms with Crippen LogP contribution in [-0.2, 0) is 9.53 Å². The number of carbonyl (C=O) groups excluding carboxylic acids is 2. The number of aromatic nitrogens is 1. The topological polar surface area (TPSA) is 77.5 Å². The number of nitrogens with one attached hydrogen (secondary N) is 1. The van der Waals surface area contributed by atoms with Gasteiger partial charge in [0.2, 0.25) is 5.88 Å². The average Bonchev–Trinajstić information content (AvgIpc) is 2.64. The fraction of sp³-hybridized carbons (Fsp3) is 0.316. The van der Waals surface area contributed by atoms with Crippen molar-refractivity contribution in [3.05, 3.63) is 54.0 Å². The number of nitrogens with zero attached hydrogens (tertiary/aromatic N) is 1. The third-order valence-corrected chi connectivity index (χ3v) is 3.44. The zero-order valence-electron chi connectivity index (χ0n) is 14.5. The summed E-state index contributed by atoms with van der Waals surface area (Å²) in [6.45, 7) is 2.55. The number of benzene rings is 1. The average molecular weight is 360 g/mol. The summed E-state index contributed by atoms with van der Waals surface area (Å²) in [6, 6.07) is 8.68. The Bertz CT molecular complexity index is 735. The van der Waals surface area contributed by atoms with E-state index < -0.39 is 0 Å². The van der Waals surface area contributed by atoms with Crippen LogP contribution in [-0.4, -0.2) is 30.0 Å². The molecule has 0 aliphatic heterocycles. The molecule has 1 N–H and O–H groups in total. The number of halogens is 1. The fourth-order valence-corrected chi connectivity index (χ4v) is 2.18. The monoisotopic (exact) mass is 360 g/mol. The molecule has 0 bridgehead atoms. The van der Waals surface area contributed by atoms with Gasteiger partial charge in [0.1, 0.15) is 17.1 Å². The lowest BCUT2D eigenvalue weighted by Crippen LogP contribution is -2.25. The minimum absolute atomic E-state index is 0.142. The minimum Gasteiger partial charge on any atom is -0.466 e. The maximum Gasteiger partial charge on any atom is 0.305 e. The van der Waals surface area contributed by atoms with E-state index in [1.807, 2.05) is 0 Å². The number of hydrogen-bond acceptors (Lipinski definition) is 5. The van der Waals surface area contributed by atoms with Gasteiger partial charge in [-0.15, -0.1) is 0 Å². The zero-order chi connectivity index (χ0) is 18.8. The van der Waals surface area contributed by atoms with Gasteiger partial charge >= 0.3 is 5.97 Å². The van der Waals surface area contributed by atoms with Gasteiger partial charge in [-0.3, -0.25) is 9.59 Å². The third kappa shape index (κ3) is 6.16. The minimum atomic E-state index is -0.376. The molecule has 0 atom stereocenters. The van der Waals surface area contributed by atoms with Crippen molar-refractivity contribution < 1.29 is 23.5 Å². The highest BCUT2D eigenvalue weighted by molar-refractivity contribution is 5.96. The first kappa shape index (κ1) is 19.4. The number of pyridine rings is 1. The van der Waals surface area contributed by atoms with Gasteiger partial charge in [-0.2, -0.15) is 0 Å². The van der Waals surface area contributed by atoms with Gasteiger partial charge in [0, 0.05) is 19.2 Å². The number of amides is 1. The molecular weight excluding hydrogens is 339 g/mol. The van der Waals surface area contributed by atoms with Crippen molar-refractivity contribution in [1.29, 1.82) is 0 Å². The lowest BCUT2D eigenvalue weighted by molar-refractivity contribution is -0.143. The predicted octanol–water partition coefficient (Wildman–Crippen LogP) is 3.48. The van der Waals surface area contributed by atoms with E-state index in [0.29, 0.717) is 38.2 Å². The number of ether oxygens (including phenoxy) is 2. The van der Waals surface area contributed by atoms with Crippen molar-refractivity contribution in [2.75, 3.05) is 13.2 Å². The molecule has 2 aromatic rings. The van der Waals surface area contributed by atoms with Crippen molar-refractivity contribution >= 4 is 11.9 Å². The Hall–Kier alpha value is -2.96. The van der Waals surface area contributed by atoms with Gasteiger partial charge in [-0.05, 0) is 56.2 Å². The number of hydrogen-bond donors (Lipinski definition) is 1. The number of esters is 1. The van der Waals surface area contributed by atoms with Crippen LogP contribution in [0.3, 0.4) is 0 Å². The Labute approximate surface area is 151 Å². The van der Waals surface area contributed by atoms with Crippen LogP contribution >= 0.6 is 0 Å². The van der Waals surface area contributed by atoms with Gasteiger partial charge < -0.3 is 14.8 Å². The quantitative estimate of drug-likeness (QED) is 0.547. The lowest BCUT2D eigenvalue weighted by Gasteiger charge is -2.10. The highest BCUT2D eigenvalue weighted by Crippen LogP contribution is 2.23. The first-order chi connectivity index (χ1) is 12.6. The summed E-state index contributed by atoms with van der Waals surface area (Å²) in [7, 11) is 0. The van der Waals surface area contributed by atoms with Crippen LogP contribution in [0.4, 0.5) is 4.39 Å². The molecule has 0 saturated carbocycles. The van der Waals surface area contributed by atoms with Crippen LogP contribution in [0.5, 0.6) is 11.6 Å². The van der Waals surface area contributed by atoms with Gasteiger partial charge in [-0.25, -0.2) is 9.37 Å². The molecule has 138 valence electrons. The molecule has 1 aromatic heterocycles. The first-order valence-electron chi connectivity index (χ1n) is 8.42. The second-order valence-electron chi connectivity index (χ2n) is 5.43. The van der Waals surface area contributed by atoms with Gasteiger partial charge in [0.05, 0.1) is 6.61 Å². The van der Waals surface area contributed by atoms with Crippen molar-refractivity contribution in [2.45, 2.75) is 26.2 Å². The molecular formula is C19H21FN2O4. The number of unbranched alkanes of at least 4 members (excludes halogenated alkanes) is 1. The highest BCUT2D eigenvalue weighted by atomic mass is 19.1. The molecule has 7 heteroatoms. The van der Waals surface area contributed by atoms with Crippen LogP contribution < -0.4 is 10.1 Å². The first-order valence-corrected chi connectivity index (χ1v) is 8.42. The summed E-state index contributed by atoms with van der Waals surface area (Å²) in [5, 5.41) is 2.77. The maximum atomic E-state index is 13.0. The van der Waals surface area contributed by atoms with Crippen molar-refractivity contribution in [2.24, 2.45) is 0 Å². The second-order valence-corrected chi connectivity index (χ2v) is 5.43. The molecule has 1 aromatic carbocycles. The third-order valence-electron chi connectivity index (χ3n) is 3.44. The van der Waals surface area contributed by atoms with Crippen LogP contribution in [0, 0.1) is 5.82 Å². The van der Waals surface area contributed by atoms with Crippen LogP contribution in [0.2, 0.25) is 0 Å². The van der Waals surface area contributed by atoms with E-state index in [2.05, 4.69) is 10.3 Å². The van der Waals surface area contributed by atoms with Crippen molar-refractivity contribution in [3.63, 3.8) is 0 Å². The molecule has 0 aliphatic rings. The van der Waals surface area contributed by atoms with Crippen LogP contribution in [0.1, 0.15) is 36.5 Å². The molecule has 0 unspecified atom stereocenters. The van der Waals surface area contributed by atoms with Crippen molar-refractivity contribution in [3.8, 4) is 11.6 Å². The lowest BCUT2D eigenvalue weighted by atomic mass is 10.2. The molecule has 1 amide bonds. The van der Waals surface area contributed by atoms with Crippen LogP contribution in [0.25, 0.3) is 0 Å². The smallest absolute Gasteiger partial charge is 0.305 e. The molecule has 6 nitrogen and oxygen atoms in total. The number of rotatable bonds is 9. The standard InChI is InChI=1S/C19H21FN2O4/c1-2-25-17(23)7-3-4-12-21-18(24)16-6-5-13-22-19(16)26-15-10-8-14(20)9-11-15/h5-6,8-11,13H,2-4,7,12H2,1H3,(H,21,24). The van der Waals surface area contributed by atoms with Gasteiger partial charge in [-0.1, -0.05) is 0 Å². The largest absolute Gasteiger partial charge is 0.466 e. The van der Waals surface area contributed by atoms with Crippen molar-refractivity contribution in [1.82, 2.24) is 10.3 Å². The summed E-state index contributed by atoms with van der Waals surface area (Å²) in [4.78, 5) is 27.6. The summed E-state index contributed by atoms with van der Waals surface area (Å²) in [6.07, 6.45) is 3.12. The van der Waals surface area contributed by atoms with E-state index in [1.165, 1.54) is 30.5 Å².